The molecule has 1 N–H and O–H groups in total. The molecule has 1 aromatic heterocycles. The predicted octanol–water partition coefficient (Wildman–Crippen LogP) is 2.78. The van der Waals surface area contributed by atoms with Gasteiger partial charge in [-0.2, -0.15) is 0 Å². The summed E-state index contributed by atoms with van der Waals surface area (Å²) in [5, 5.41) is 3.13. The maximum absolute atomic E-state index is 12.4. The van der Waals surface area contributed by atoms with Crippen molar-refractivity contribution in [3.8, 4) is 0 Å². The third-order valence-electron chi connectivity index (χ3n) is 2.83. The van der Waals surface area contributed by atoms with Crippen molar-refractivity contribution in [1.29, 1.82) is 0 Å². The Bertz CT molecular complexity index is 379. The number of hydrogen-bond acceptors (Lipinski definition) is 3. The highest BCUT2D eigenvalue weighted by atomic mass is 16.2. The second-order valence-corrected chi connectivity index (χ2v) is 4.17. The fourth-order valence-corrected chi connectivity index (χ4v) is 1.81. The van der Waals surface area contributed by atoms with Crippen LogP contribution in [0.15, 0.2) is 18.3 Å². The molecule has 1 heterocycles. The molecule has 1 rings (SSSR count). The minimum atomic E-state index is 0.0648. The Labute approximate surface area is 109 Å². The highest BCUT2D eigenvalue weighted by molar-refractivity contribution is 5.98. The Morgan fingerprint density at radius 3 is 2.78 bits per heavy atom. The molecule has 0 radical (unpaired) electrons. The SMILES string of the molecule is CCCCN(CC)C(=O)c1cccnc1NCC. The number of anilines is 1. The maximum Gasteiger partial charge on any atom is 0.257 e. The zero-order valence-electron chi connectivity index (χ0n) is 11.6. The van der Waals surface area contributed by atoms with Crippen molar-refractivity contribution < 1.29 is 4.79 Å². The number of unbranched alkanes of at least 4 members (excludes halogenated alkanes) is 1. The van der Waals surface area contributed by atoms with Crippen molar-refractivity contribution in [3.05, 3.63) is 23.9 Å². The van der Waals surface area contributed by atoms with Crippen LogP contribution in [0.4, 0.5) is 5.82 Å². The third kappa shape index (κ3) is 3.72. The van der Waals surface area contributed by atoms with Crippen LogP contribution in [0, 0.1) is 0 Å². The molecule has 0 atom stereocenters. The van der Waals surface area contributed by atoms with Crippen LogP contribution in [0.25, 0.3) is 0 Å². The number of nitrogens with one attached hydrogen (secondary N) is 1. The van der Waals surface area contributed by atoms with Gasteiger partial charge in [-0.15, -0.1) is 0 Å². The van der Waals surface area contributed by atoms with E-state index < -0.39 is 0 Å². The van der Waals surface area contributed by atoms with Gasteiger partial charge < -0.3 is 10.2 Å². The van der Waals surface area contributed by atoms with Gasteiger partial charge in [-0.05, 0) is 32.4 Å². The Morgan fingerprint density at radius 2 is 2.17 bits per heavy atom. The molecule has 0 fully saturated rings. The fourth-order valence-electron chi connectivity index (χ4n) is 1.81. The van der Waals surface area contributed by atoms with Gasteiger partial charge in [0.1, 0.15) is 5.82 Å². The summed E-state index contributed by atoms with van der Waals surface area (Å²) in [5.41, 5.74) is 0.664. The standard InChI is InChI=1S/C14H23N3O/c1-4-7-11-17(6-3)14(18)12-9-8-10-16-13(12)15-5-2/h8-10H,4-7,11H2,1-3H3,(H,15,16). The number of carbonyl (C=O) groups is 1. The van der Waals surface area contributed by atoms with Gasteiger partial charge in [-0.1, -0.05) is 13.3 Å². The molecule has 1 aromatic rings. The molecule has 4 heteroatoms. The number of rotatable bonds is 7. The van der Waals surface area contributed by atoms with Gasteiger partial charge in [0.2, 0.25) is 0 Å². The van der Waals surface area contributed by atoms with Crippen molar-refractivity contribution in [2.75, 3.05) is 25.0 Å². The number of pyridine rings is 1. The van der Waals surface area contributed by atoms with Crippen LogP contribution in [-0.2, 0) is 0 Å². The highest BCUT2D eigenvalue weighted by Crippen LogP contribution is 2.14. The minimum absolute atomic E-state index is 0.0648. The molecule has 1 amide bonds. The predicted molar refractivity (Wildman–Crippen MR) is 74.9 cm³/mol. The maximum atomic E-state index is 12.4. The summed E-state index contributed by atoms with van der Waals surface area (Å²) < 4.78 is 0. The lowest BCUT2D eigenvalue weighted by Crippen LogP contribution is -2.32. The largest absolute Gasteiger partial charge is 0.370 e. The van der Waals surface area contributed by atoms with Gasteiger partial charge in [0.05, 0.1) is 5.56 Å². The number of aromatic nitrogens is 1. The molecular formula is C14H23N3O. The van der Waals surface area contributed by atoms with E-state index in [1.165, 1.54) is 0 Å². The molecule has 100 valence electrons. The first-order valence-electron chi connectivity index (χ1n) is 6.72. The first-order chi connectivity index (χ1) is 8.74. The summed E-state index contributed by atoms with van der Waals surface area (Å²) in [7, 11) is 0. The summed E-state index contributed by atoms with van der Waals surface area (Å²) in [4.78, 5) is 18.5. The van der Waals surface area contributed by atoms with Crippen LogP contribution in [0.3, 0.4) is 0 Å². The summed E-state index contributed by atoms with van der Waals surface area (Å²) >= 11 is 0. The van der Waals surface area contributed by atoms with Gasteiger partial charge in [-0.3, -0.25) is 4.79 Å². The van der Waals surface area contributed by atoms with E-state index in [0.717, 1.165) is 32.5 Å². The van der Waals surface area contributed by atoms with E-state index in [-0.39, 0.29) is 5.91 Å². The molecule has 0 aromatic carbocycles. The molecule has 0 bridgehead atoms. The smallest absolute Gasteiger partial charge is 0.257 e. The van der Waals surface area contributed by atoms with Crippen molar-refractivity contribution in [1.82, 2.24) is 9.88 Å². The fraction of sp³-hybridized carbons (Fsp3) is 0.571. The lowest BCUT2D eigenvalue weighted by molar-refractivity contribution is 0.0763. The molecule has 18 heavy (non-hydrogen) atoms. The van der Waals surface area contributed by atoms with E-state index in [1.54, 1.807) is 6.20 Å². The molecule has 4 nitrogen and oxygen atoms in total. The second kappa shape index (κ2) is 7.69. The first kappa shape index (κ1) is 14.5. The van der Waals surface area contributed by atoms with Crippen LogP contribution >= 0.6 is 0 Å². The van der Waals surface area contributed by atoms with Gasteiger partial charge >= 0.3 is 0 Å². The van der Waals surface area contributed by atoms with E-state index in [1.807, 2.05) is 30.9 Å². The van der Waals surface area contributed by atoms with Gasteiger partial charge in [0.15, 0.2) is 0 Å². The van der Waals surface area contributed by atoms with Crippen LogP contribution < -0.4 is 5.32 Å². The third-order valence-corrected chi connectivity index (χ3v) is 2.83. The molecule has 0 aliphatic carbocycles. The number of carbonyl (C=O) groups excluding carboxylic acids is 1. The Hall–Kier alpha value is -1.58. The topological polar surface area (TPSA) is 45.2 Å². The van der Waals surface area contributed by atoms with Crippen molar-refractivity contribution in [3.63, 3.8) is 0 Å². The van der Waals surface area contributed by atoms with Gasteiger partial charge in [0.25, 0.3) is 5.91 Å². The molecular weight excluding hydrogens is 226 g/mol. The van der Waals surface area contributed by atoms with Gasteiger partial charge in [0, 0.05) is 25.8 Å². The average Bonchev–Trinajstić information content (AvgIpc) is 2.40. The lowest BCUT2D eigenvalue weighted by atomic mass is 10.2. The zero-order valence-corrected chi connectivity index (χ0v) is 11.6. The van der Waals surface area contributed by atoms with Crippen molar-refractivity contribution >= 4 is 11.7 Å². The van der Waals surface area contributed by atoms with Crippen LogP contribution in [0.5, 0.6) is 0 Å². The minimum Gasteiger partial charge on any atom is -0.370 e. The van der Waals surface area contributed by atoms with E-state index in [4.69, 9.17) is 0 Å². The zero-order chi connectivity index (χ0) is 13.4. The van der Waals surface area contributed by atoms with Crippen molar-refractivity contribution in [2.45, 2.75) is 33.6 Å². The summed E-state index contributed by atoms with van der Waals surface area (Å²) in [6, 6.07) is 3.64. The molecule has 0 saturated carbocycles. The second-order valence-electron chi connectivity index (χ2n) is 4.17. The van der Waals surface area contributed by atoms with Gasteiger partial charge in [-0.25, -0.2) is 4.98 Å². The quantitative estimate of drug-likeness (QED) is 0.808. The lowest BCUT2D eigenvalue weighted by Gasteiger charge is -2.21. The monoisotopic (exact) mass is 249 g/mol. The van der Waals surface area contributed by atoms with Crippen LogP contribution in [-0.4, -0.2) is 35.4 Å². The van der Waals surface area contributed by atoms with E-state index >= 15 is 0 Å². The summed E-state index contributed by atoms with van der Waals surface area (Å²) in [5.74, 6) is 0.745. The van der Waals surface area contributed by atoms with Crippen molar-refractivity contribution in [2.24, 2.45) is 0 Å². The van der Waals surface area contributed by atoms with Crippen LogP contribution in [0.2, 0.25) is 0 Å². The normalized spacial score (nSPS) is 10.2. The van der Waals surface area contributed by atoms with E-state index in [0.29, 0.717) is 11.4 Å². The molecule has 0 unspecified atom stereocenters. The van der Waals surface area contributed by atoms with E-state index in [2.05, 4.69) is 17.2 Å². The summed E-state index contributed by atoms with van der Waals surface area (Å²) in [6.07, 6.45) is 3.84. The summed E-state index contributed by atoms with van der Waals surface area (Å²) in [6.45, 7) is 8.45. The number of amides is 1. The van der Waals surface area contributed by atoms with Crippen LogP contribution in [0.1, 0.15) is 44.0 Å². The molecule has 0 saturated heterocycles. The number of hydrogen-bond donors (Lipinski definition) is 1. The average molecular weight is 249 g/mol. The number of nitrogens with zero attached hydrogens (tertiary/aromatic N) is 2. The highest BCUT2D eigenvalue weighted by Gasteiger charge is 2.17. The molecule has 0 aliphatic rings. The van der Waals surface area contributed by atoms with E-state index in [9.17, 15) is 4.79 Å². The molecule has 0 spiro atoms. The molecule has 0 aliphatic heterocycles. The first-order valence-corrected chi connectivity index (χ1v) is 6.72. The Kier molecular flexibility index (Phi) is 6.19. The Morgan fingerprint density at radius 1 is 1.39 bits per heavy atom. The Balaban J connectivity index is 2.86.